The van der Waals surface area contributed by atoms with Gasteiger partial charge in [-0.15, -0.1) is 0 Å². The highest BCUT2D eigenvalue weighted by Crippen LogP contribution is 2.34. The zero-order valence-corrected chi connectivity index (χ0v) is 20.1. The van der Waals surface area contributed by atoms with Crippen molar-refractivity contribution in [1.29, 1.82) is 0 Å². The van der Waals surface area contributed by atoms with E-state index in [-0.39, 0.29) is 26.6 Å². The average molecular weight is 514 g/mol. The first kappa shape index (κ1) is 23.3. The number of carbonyl (C=O) groups excluding carboxylic acids is 1. The molecule has 2 N–H and O–H groups in total. The molecule has 2 heterocycles. The summed E-state index contributed by atoms with van der Waals surface area (Å²) in [5.74, 6) is 0.599. The summed E-state index contributed by atoms with van der Waals surface area (Å²) in [4.78, 5) is 16.4. The Morgan fingerprint density at radius 2 is 1.91 bits per heavy atom. The summed E-state index contributed by atoms with van der Waals surface area (Å²) < 4.78 is 31.3. The SMILES string of the molecule is O=C(CCC1CCNCC1)Nc1nc2ccc(OS(=O)(=O)c3c(Cl)cccc3Cl)cc2s1. The van der Waals surface area contributed by atoms with Crippen LogP contribution >= 0.6 is 34.5 Å². The molecule has 0 saturated carbocycles. The Kier molecular flexibility index (Phi) is 7.21. The second-order valence-electron chi connectivity index (χ2n) is 7.52. The van der Waals surface area contributed by atoms with Gasteiger partial charge in [0.2, 0.25) is 5.91 Å². The predicted molar refractivity (Wildman–Crippen MR) is 127 cm³/mol. The van der Waals surface area contributed by atoms with Crippen LogP contribution in [0.2, 0.25) is 10.0 Å². The second-order valence-corrected chi connectivity index (χ2v) is 10.8. The van der Waals surface area contributed by atoms with Crippen LogP contribution in [0.25, 0.3) is 10.2 Å². The van der Waals surface area contributed by atoms with Gasteiger partial charge in [0, 0.05) is 12.5 Å². The quantitative estimate of drug-likeness (QED) is 0.427. The number of nitrogens with one attached hydrogen (secondary N) is 2. The molecule has 0 spiro atoms. The van der Waals surface area contributed by atoms with Crippen LogP contribution in [0.5, 0.6) is 5.75 Å². The van der Waals surface area contributed by atoms with Gasteiger partial charge in [0.15, 0.2) is 5.13 Å². The summed E-state index contributed by atoms with van der Waals surface area (Å²) in [5.41, 5.74) is 0.629. The first-order chi connectivity index (χ1) is 15.3. The third-order valence-electron chi connectivity index (χ3n) is 5.22. The number of piperidine rings is 1. The van der Waals surface area contributed by atoms with Crippen LogP contribution in [0, 0.1) is 5.92 Å². The van der Waals surface area contributed by atoms with E-state index in [1.165, 1.54) is 29.5 Å². The number of amides is 1. The molecule has 0 atom stereocenters. The molecule has 1 aliphatic heterocycles. The van der Waals surface area contributed by atoms with Crippen molar-refractivity contribution in [2.75, 3.05) is 18.4 Å². The molecule has 11 heteroatoms. The van der Waals surface area contributed by atoms with Gasteiger partial charge in [-0.25, -0.2) is 4.98 Å². The Hall–Kier alpha value is -1.91. The van der Waals surface area contributed by atoms with E-state index < -0.39 is 10.1 Å². The fraction of sp³-hybridized carbons (Fsp3) is 0.333. The minimum atomic E-state index is -4.23. The smallest absolute Gasteiger partial charge is 0.342 e. The number of thiazole rings is 1. The maximum Gasteiger partial charge on any atom is 0.342 e. The first-order valence-corrected chi connectivity index (χ1v) is 13.1. The van der Waals surface area contributed by atoms with Crippen molar-refractivity contribution in [2.45, 2.75) is 30.6 Å². The Morgan fingerprint density at radius 3 is 2.62 bits per heavy atom. The van der Waals surface area contributed by atoms with Crippen LogP contribution in [0.3, 0.4) is 0 Å². The van der Waals surface area contributed by atoms with Crippen molar-refractivity contribution in [3.8, 4) is 5.75 Å². The van der Waals surface area contributed by atoms with Crippen LogP contribution < -0.4 is 14.8 Å². The fourth-order valence-corrected chi connectivity index (χ4v) is 6.52. The zero-order chi connectivity index (χ0) is 22.7. The van der Waals surface area contributed by atoms with Gasteiger partial charge < -0.3 is 14.8 Å². The summed E-state index contributed by atoms with van der Waals surface area (Å²) in [6.45, 7) is 2.01. The molecule has 0 bridgehead atoms. The third-order valence-corrected chi connectivity index (χ3v) is 8.36. The highest BCUT2D eigenvalue weighted by atomic mass is 35.5. The minimum Gasteiger partial charge on any atom is -0.379 e. The highest BCUT2D eigenvalue weighted by Gasteiger charge is 2.24. The van der Waals surface area contributed by atoms with E-state index in [0.717, 1.165) is 32.4 Å². The van der Waals surface area contributed by atoms with Crippen molar-refractivity contribution in [1.82, 2.24) is 10.3 Å². The van der Waals surface area contributed by atoms with E-state index in [1.807, 2.05) is 0 Å². The number of rotatable bonds is 7. The lowest BCUT2D eigenvalue weighted by Gasteiger charge is -2.21. The van der Waals surface area contributed by atoms with E-state index in [4.69, 9.17) is 27.4 Å². The van der Waals surface area contributed by atoms with Crippen molar-refractivity contribution in [2.24, 2.45) is 5.92 Å². The summed E-state index contributed by atoms with van der Waals surface area (Å²) >= 11 is 13.3. The Morgan fingerprint density at radius 1 is 1.19 bits per heavy atom. The van der Waals surface area contributed by atoms with Gasteiger partial charge in [-0.3, -0.25) is 4.79 Å². The number of hydrogen-bond acceptors (Lipinski definition) is 7. The summed E-state index contributed by atoms with van der Waals surface area (Å²) in [7, 11) is -4.23. The average Bonchev–Trinajstić information content (AvgIpc) is 3.13. The lowest BCUT2D eigenvalue weighted by Crippen LogP contribution is -2.28. The number of hydrogen-bond donors (Lipinski definition) is 2. The zero-order valence-electron chi connectivity index (χ0n) is 16.9. The maximum absolute atomic E-state index is 12.7. The molecule has 0 aliphatic carbocycles. The van der Waals surface area contributed by atoms with Crippen LogP contribution in [-0.4, -0.2) is 32.4 Å². The van der Waals surface area contributed by atoms with Crippen molar-refractivity contribution >= 4 is 65.9 Å². The van der Waals surface area contributed by atoms with E-state index in [9.17, 15) is 13.2 Å². The number of aromatic nitrogens is 1. The van der Waals surface area contributed by atoms with Crippen LogP contribution in [-0.2, 0) is 14.9 Å². The molecule has 3 aromatic rings. The van der Waals surface area contributed by atoms with Gasteiger partial charge >= 0.3 is 10.1 Å². The molecule has 4 rings (SSSR count). The number of fused-ring (bicyclic) bond motifs is 1. The molecule has 1 aliphatic rings. The van der Waals surface area contributed by atoms with Gasteiger partial charge in [0.1, 0.15) is 10.6 Å². The molecule has 2 aromatic carbocycles. The number of halogens is 2. The van der Waals surface area contributed by atoms with E-state index in [2.05, 4.69) is 15.6 Å². The Labute approximate surface area is 200 Å². The second kappa shape index (κ2) is 9.93. The Balaban J connectivity index is 1.44. The van der Waals surface area contributed by atoms with Gasteiger partial charge in [-0.2, -0.15) is 8.42 Å². The molecule has 0 radical (unpaired) electrons. The van der Waals surface area contributed by atoms with Crippen LogP contribution in [0.1, 0.15) is 25.7 Å². The molecule has 32 heavy (non-hydrogen) atoms. The molecule has 1 amide bonds. The summed E-state index contributed by atoms with van der Waals surface area (Å²) in [5, 5.41) is 6.58. The van der Waals surface area contributed by atoms with E-state index >= 15 is 0 Å². The lowest BCUT2D eigenvalue weighted by molar-refractivity contribution is -0.116. The molecular formula is C21H21Cl2N3O4S2. The third kappa shape index (κ3) is 5.52. The molecular weight excluding hydrogens is 493 g/mol. The molecule has 170 valence electrons. The molecule has 1 aromatic heterocycles. The standard InChI is InChI=1S/C21H21Cl2N3O4S2/c22-15-2-1-3-16(23)20(15)32(28,29)30-14-5-6-17-18(12-14)31-21(25-17)26-19(27)7-4-13-8-10-24-11-9-13/h1-3,5-6,12-13,24H,4,7-11H2,(H,25,26,27). The molecule has 0 unspecified atom stereocenters. The normalized spacial score (nSPS) is 15.1. The monoisotopic (exact) mass is 513 g/mol. The summed E-state index contributed by atoms with van der Waals surface area (Å²) in [6, 6.07) is 9.09. The van der Waals surface area contributed by atoms with Gasteiger partial charge in [-0.1, -0.05) is 40.6 Å². The minimum absolute atomic E-state index is 0.0224. The predicted octanol–water partition coefficient (Wildman–Crippen LogP) is 5.09. The summed E-state index contributed by atoms with van der Waals surface area (Å²) in [6.07, 6.45) is 3.50. The van der Waals surface area contributed by atoms with E-state index in [0.29, 0.717) is 27.7 Å². The van der Waals surface area contributed by atoms with Crippen LogP contribution in [0.15, 0.2) is 41.3 Å². The van der Waals surface area contributed by atoms with Gasteiger partial charge in [0.25, 0.3) is 0 Å². The number of anilines is 1. The number of benzene rings is 2. The fourth-order valence-electron chi connectivity index (χ4n) is 3.59. The molecule has 1 saturated heterocycles. The van der Waals surface area contributed by atoms with Gasteiger partial charge in [-0.05, 0) is 62.5 Å². The van der Waals surface area contributed by atoms with E-state index in [1.54, 1.807) is 18.2 Å². The largest absolute Gasteiger partial charge is 0.379 e. The van der Waals surface area contributed by atoms with Crippen molar-refractivity contribution < 1.29 is 17.4 Å². The van der Waals surface area contributed by atoms with Crippen LogP contribution in [0.4, 0.5) is 5.13 Å². The number of nitrogens with zero attached hydrogens (tertiary/aromatic N) is 1. The lowest BCUT2D eigenvalue weighted by atomic mass is 9.93. The maximum atomic E-state index is 12.7. The van der Waals surface area contributed by atoms with Gasteiger partial charge in [0.05, 0.1) is 20.3 Å². The van der Waals surface area contributed by atoms with Crippen molar-refractivity contribution in [3.05, 3.63) is 46.4 Å². The highest BCUT2D eigenvalue weighted by molar-refractivity contribution is 7.87. The first-order valence-electron chi connectivity index (χ1n) is 10.1. The topological polar surface area (TPSA) is 97.4 Å². The molecule has 7 nitrogen and oxygen atoms in total. The van der Waals surface area contributed by atoms with Crippen molar-refractivity contribution in [3.63, 3.8) is 0 Å². The number of carbonyl (C=O) groups is 1. The molecule has 1 fully saturated rings. The Bertz CT molecular complexity index is 1220.